The van der Waals surface area contributed by atoms with Crippen molar-refractivity contribution >= 4 is 5.97 Å². The third-order valence-electron chi connectivity index (χ3n) is 6.45. The van der Waals surface area contributed by atoms with Crippen LogP contribution in [0.1, 0.15) is 44.1 Å². The largest absolute Gasteiger partial charge is 0.466 e. The summed E-state index contributed by atoms with van der Waals surface area (Å²) in [6.45, 7) is 7.06. The molecule has 0 aromatic heterocycles. The summed E-state index contributed by atoms with van der Waals surface area (Å²) in [5.74, 6) is 1.40. The van der Waals surface area contributed by atoms with Crippen LogP contribution < -0.4 is 0 Å². The zero-order chi connectivity index (χ0) is 17.2. The van der Waals surface area contributed by atoms with Gasteiger partial charge in [-0.1, -0.05) is 30.3 Å². The van der Waals surface area contributed by atoms with E-state index in [4.69, 9.17) is 4.74 Å². The fraction of sp³-hybridized carbons (Fsp3) is 0.667. The number of esters is 1. The molecule has 25 heavy (non-hydrogen) atoms. The molecule has 3 atom stereocenters. The lowest BCUT2D eigenvalue weighted by Crippen LogP contribution is -2.60. The number of nitrogens with zero attached hydrogens (tertiary/aromatic N) is 2. The summed E-state index contributed by atoms with van der Waals surface area (Å²) in [6, 6.07) is 12.4. The Morgan fingerprint density at radius 3 is 2.64 bits per heavy atom. The average Bonchev–Trinajstić information content (AvgIpc) is 3.06. The molecule has 4 heteroatoms. The average molecular weight is 342 g/mol. The molecule has 4 saturated heterocycles. The van der Waals surface area contributed by atoms with Gasteiger partial charge in [0.25, 0.3) is 0 Å². The van der Waals surface area contributed by atoms with Crippen LogP contribution in [0.4, 0.5) is 0 Å². The normalized spacial score (nSPS) is 34.0. The predicted octanol–water partition coefficient (Wildman–Crippen LogP) is 2.89. The van der Waals surface area contributed by atoms with Crippen LogP contribution in [-0.4, -0.2) is 60.6 Å². The molecule has 136 valence electrons. The second kappa shape index (κ2) is 7.46. The number of carbonyl (C=O) groups excluding carboxylic acids is 1. The maximum absolute atomic E-state index is 11.7. The second-order valence-electron chi connectivity index (χ2n) is 7.78. The molecule has 4 nitrogen and oxygen atoms in total. The summed E-state index contributed by atoms with van der Waals surface area (Å²) in [7, 11) is 0. The Balaban J connectivity index is 1.47. The number of piperidine rings is 3. The molecule has 0 saturated carbocycles. The van der Waals surface area contributed by atoms with Crippen LogP contribution in [-0.2, 0) is 9.53 Å². The maximum atomic E-state index is 11.7. The van der Waals surface area contributed by atoms with E-state index in [-0.39, 0.29) is 5.97 Å². The molecule has 0 spiro atoms. The van der Waals surface area contributed by atoms with E-state index >= 15 is 0 Å². The number of carbonyl (C=O) groups is 1. The van der Waals surface area contributed by atoms with Crippen LogP contribution in [0.25, 0.3) is 0 Å². The molecule has 0 N–H and O–H groups in total. The Labute approximate surface area is 151 Å². The summed E-state index contributed by atoms with van der Waals surface area (Å²) >= 11 is 0. The minimum atomic E-state index is -0.0493. The van der Waals surface area contributed by atoms with Gasteiger partial charge in [-0.15, -0.1) is 0 Å². The molecule has 4 heterocycles. The molecule has 0 unspecified atom stereocenters. The first-order valence-electron chi connectivity index (χ1n) is 9.96. The van der Waals surface area contributed by atoms with E-state index in [2.05, 4.69) is 40.1 Å². The van der Waals surface area contributed by atoms with Gasteiger partial charge in [-0.25, -0.2) is 0 Å². The number of rotatable bonds is 6. The van der Waals surface area contributed by atoms with Crippen LogP contribution in [0.2, 0.25) is 0 Å². The second-order valence-corrected chi connectivity index (χ2v) is 7.78. The van der Waals surface area contributed by atoms with Gasteiger partial charge in [0.2, 0.25) is 0 Å². The van der Waals surface area contributed by atoms with E-state index in [1.54, 1.807) is 0 Å². The minimum absolute atomic E-state index is 0.0493. The van der Waals surface area contributed by atoms with Gasteiger partial charge < -0.3 is 4.74 Å². The van der Waals surface area contributed by atoms with Crippen molar-refractivity contribution in [1.29, 1.82) is 0 Å². The lowest BCUT2D eigenvalue weighted by molar-refractivity contribution is -0.143. The van der Waals surface area contributed by atoms with Crippen molar-refractivity contribution in [3.63, 3.8) is 0 Å². The van der Waals surface area contributed by atoms with E-state index in [1.807, 2.05) is 6.92 Å². The van der Waals surface area contributed by atoms with E-state index in [9.17, 15) is 4.79 Å². The highest BCUT2D eigenvalue weighted by Gasteiger charge is 2.52. The summed E-state index contributed by atoms with van der Waals surface area (Å²) < 4.78 is 5.09. The lowest BCUT2D eigenvalue weighted by Gasteiger charge is -2.51. The highest BCUT2D eigenvalue weighted by molar-refractivity contribution is 5.69. The van der Waals surface area contributed by atoms with Gasteiger partial charge in [-0.3, -0.25) is 14.6 Å². The fourth-order valence-corrected chi connectivity index (χ4v) is 5.45. The predicted molar refractivity (Wildman–Crippen MR) is 98.5 cm³/mol. The zero-order valence-corrected chi connectivity index (χ0v) is 15.3. The molecule has 4 aliphatic rings. The number of likely N-dealkylation sites (tertiary alicyclic amines) is 1. The molecule has 4 aliphatic heterocycles. The van der Waals surface area contributed by atoms with E-state index < -0.39 is 0 Å². The fourth-order valence-electron chi connectivity index (χ4n) is 5.45. The first-order valence-corrected chi connectivity index (χ1v) is 9.96. The first kappa shape index (κ1) is 17.0. The van der Waals surface area contributed by atoms with Crippen LogP contribution >= 0.6 is 0 Å². The molecule has 4 fully saturated rings. The molecule has 0 amide bonds. The van der Waals surface area contributed by atoms with Crippen LogP contribution in [0.3, 0.4) is 0 Å². The lowest BCUT2D eigenvalue weighted by atomic mass is 9.75. The molecule has 1 aromatic rings. The Bertz CT molecular complexity index is 583. The SMILES string of the molecule is CCOC(=O)CCCN1C[C@H](c2ccccc2)[C@@H]2[C@H]1C1CCN2CC1. The maximum Gasteiger partial charge on any atom is 0.305 e. The highest BCUT2D eigenvalue weighted by Crippen LogP contribution is 2.46. The van der Waals surface area contributed by atoms with E-state index in [1.165, 1.54) is 31.5 Å². The molecule has 5 rings (SSSR count). The van der Waals surface area contributed by atoms with Crippen LogP contribution in [0.15, 0.2) is 30.3 Å². The standard InChI is InChI=1S/C21H30N2O2/c1-2-25-19(24)9-6-12-23-15-18(16-7-4-3-5-8-16)21-20(23)17-10-13-22(21)14-11-17/h3-5,7-8,17-18,20-21H,2,6,9-15H2,1H3/t18-,20-,21-/m1/s1. The Hall–Kier alpha value is -1.39. The molecule has 1 aromatic carbocycles. The highest BCUT2D eigenvalue weighted by atomic mass is 16.5. The van der Waals surface area contributed by atoms with Crippen molar-refractivity contribution in [3.8, 4) is 0 Å². The van der Waals surface area contributed by atoms with Crippen LogP contribution in [0.5, 0.6) is 0 Å². The first-order chi connectivity index (χ1) is 12.3. The number of hydrogen-bond acceptors (Lipinski definition) is 4. The smallest absolute Gasteiger partial charge is 0.305 e. The topological polar surface area (TPSA) is 32.8 Å². The van der Waals surface area contributed by atoms with Gasteiger partial charge in [0.05, 0.1) is 6.61 Å². The summed E-state index contributed by atoms with van der Waals surface area (Å²) in [5, 5.41) is 0. The van der Waals surface area contributed by atoms with Gasteiger partial charge in [-0.05, 0) is 57.3 Å². The van der Waals surface area contributed by atoms with Gasteiger partial charge in [0, 0.05) is 31.0 Å². The van der Waals surface area contributed by atoms with Crippen molar-refractivity contribution in [2.75, 3.05) is 32.8 Å². The van der Waals surface area contributed by atoms with Gasteiger partial charge in [0.1, 0.15) is 0 Å². The van der Waals surface area contributed by atoms with Gasteiger partial charge in [0.15, 0.2) is 0 Å². The van der Waals surface area contributed by atoms with Crippen molar-refractivity contribution < 1.29 is 9.53 Å². The molecule has 2 bridgehead atoms. The number of benzene rings is 1. The van der Waals surface area contributed by atoms with Crippen LogP contribution in [0, 0.1) is 5.92 Å². The summed E-state index contributed by atoms with van der Waals surface area (Å²) in [5.41, 5.74) is 1.48. The third kappa shape index (κ3) is 3.34. The Morgan fingerprint density at radius 1 is 1.16 bits per heavy atom. The Morgan fingerprint density at radius 2 is 1.92 bits per heavy atom. The summed E-state index contributed by atoms with van der Waals surface area (Å²) in [6.07, 6.45) is 4.15. The zero-order valence-electron chi connectivity index (χ0n) is 15.3. The monoisotopic (exact) mass is 342 g/mol. The van der Waals surface area contributed by atoms with Crippen molar-refractivity contribution in [1.82, 2.24) is 9.80 Å². The molecule has 0 aliphatic carbocycles. The third-order valence-corrected chi connectivity index (χ3v) is 6.45. The van der Waals surface area contributed by atoms with Crippen molar-refractivity contribution in [2.24, 2.45) is 5.92 Å². The minimum Gasteiger partial charge on any atom is -0.466 e. The molecular weight excluding hydrogens is 312 g/mol. The van der Waals surface area contributed by atoms with Crippen molar-refractivity contribution in [3.05, 3.63) is 35.9 Å². The number of fused-ring (bicyclic) bond motifs is 2. The van der Waals surface area contributed by atoms with E-state index in [0.717, 1.165) is 25.4 Å². The van der Waals surface area contributed by atoms with Gasteiger partial charge >= 0.3 is 5.97 Å². The quantitative estimate of drug-likeness (QED) is 0.744. The molecular formula is C21H30N2O2. The van der Waals surface area contributed by atoms with Gasteiger partial charge in [-0.2, -0.15) is 0 Å². The summed E-state index contributed by atoms with van der Waals surface area (Å²) in [4.78, 5) is 17.1. The Kier molecular flexibility index (Phi) is 5.09. The number of hydrogen-bond donors (Lipinski definition) is 0. The van der Waals surface area contributed by atoms with Crippen molar-refractivity contribution in [2.45, 2.75) is 50.6 Å². The molecule has 0 radical (unpaired) electrons. The number of ether oxygens (including phenoxy) is 1. The van der Waals surface area contributed by atoms with E-state index in [0.29, 0.717) is 31.0 Å².